The Hall–Kier alpha value is -3.00. The van der Waals surface area contributed by atoms with Crippen LogP contribution in [0.2, 0.25) is 5.15 Å². The Kier molecular flexibility index (Phi) is 5.19. The highest BCUT2D eigenvalue weighted by atomic mass is 35.5. The number of ether oxygens (including phenoxy) is 2. The molecule has 0 radical (unpaired) electrons. The van der Waals surface area contributed by atoms with Crippen molar-refractivity contribution in [3.8, 4) is 11.5 Å². The van der Waals surface area contributed by atoms with Gasteiger partial charge in [0.25, 0.3) is 5.91 Å². The Labute approximate surface area is 173 Å². The molecule has 9 heteroatoms. The lowest BCUT2D eigenvalue weighted by Gasteiger charge is -2.27. The molecule has 0 spiro atoms. The monoisotopic (exact) mass is 416 g/mol. The van der Waals surface area contributed by atoms with Crippen LogP contribution < -0.4 is 9.47 Å². The van der Waals surface area contributed by atoms with Gasteiger partial charge in [0.05, 0.1) is 12.1 Å². The number of halogens is 1. The van der Waals surface area contributed by atoms with Gasteiger partial charge in [0.2, 0.25) is 12.7 Å². The van der Waals surface area contributed by atoms with Gasteiger partial charge in [-0.3, -0.25) is 19.3 Å². The normalized spacial score (nSPS) is 15.6. The van der Waals surface area contributed by atoms with Gasteiger partial charge >= 0.3 is 0 Å². The molecule has 3 heterocycles. The molecule has 4 rings (SSSR count). The summed E-state index contributed by atoms with van der Waals surface area (Å²) in [5.74, 6) is 0.907. The van der Waals surface area contributed by atoms with E-state index in [0.29, 0.717) is 35.3 Å². The van der Waals surface area contributed by atoms with Crippen molar-refractivity contribution in [3.05, 3.63) is 46.2 Å². The molecule has 2 amide bonds. The van der Waals surface area contributed by atoms with E-state index in [1.807, 2.05) is 13.0 Å². The maximum Gasteiger partial charge on any atom is 0.265 e. The van der Waals surface area contributed by atoms with Crippen LogP contribution in [0, 0.1) is 6.92 Å². The molecule has 0 N–H and O–H groups in total. The third-order valence-electron chi connectivity index (χ3n) is 4.95. The lowest BCUT2D eigenvalue weighted by atomic mass is 10.1. The average Bonchev–Trinajstić information content (AvgIpc) is 3.40. The van der Waals surface area contributed by atoms with E-state index in [2.05, 4.69) is 5.10 Å². The number of fused-ring (bicyclic) bond motifs is 1. The van der Waals surface area contributed by atoms with E-state index in [0.717, 1.165) is 17.7 Å². The lowest BCUT2D eigenvalue weighted by molar-refractivity contribution is -0.154. The summed E-state index contributed by atoms with van der Waals surface area (Å²) in [7, 11) is 1.74. The minimum atomic E-state index is -0.263. The average molecular weight is 417 g/mol. The van der Waals surface area contributed by atoms with E-state index in [1.165, 1.54) is 16.1 Å². The topological polar surface area (TPSA) is 76.9 Å². The number of amides is 2. The third kappa shape index (κ3) is 3.80. The van der Waals surface area contributed by atoms with Crippen molar-refractivity contribution in [2.75, 3.05) is 19.9 Å². The molecule has 1 aromatic heterocycles. The summed E-state index contributed by atoms with van der Waals surface area (Å²) < 4.78 is 12.2. The molecule has 2 aliphatic heterocycles. The van der Waals surface area contributed by atoms with E-state index < -0.39 is 0 Å². The van der Waals surface area contributed by atoms with Crippen LogP contribution in [0.4, 0.5) is 0 Å². The van der Waals surface area contributed by atoms with Gasteiger partial charge in [-0.15, -0.1) is 0 Å². The Balaban J connectivity index is 1.44. The zero-order valence-corrected chi connectivity index (χ0v) is 17.0. The number of nitrogens with zero attached hydrogens (tertiary/aromatic N) is 4. The van der Waals surface area contributed by atoms with Gasteiger partial charge in [0, 0.05) is 31.8 Å². The van der Waals surface area contributed by atoms with Crippen molar-refractivity contribution in [3.63, 3.8) is 0 Å². The van der Waals surface area contributed by atoms with Crippen LogP contribution in [0.15, 0.2) is 24.3 Å². The quantitative estimate of drug-likeness (QED) is 0.715. The van der Waals surface area contributed by atoms with Crippen molar-refractivity contribution in [2.24, 2.45) is 7.05 Å². The molecule has 0 saturated carbocycles. The van der Waals surface area contributed by atoms with Gasteiger partial charge in [-0.1, -0.05) is 17.7 Å². The summed E-state index contributed by atoms with van der Waals surface area (Å²) in [6.45, 7) is 3.02. The summed E-state index contributed by atoms with van der Waals surface area (Å²) in [5, 5.41) is 7.67. The zero-order valence-electron chi connectivity index (χ0n) is 16.2. The van der Waals surface area contributed by atoms with Crippen molar-refractivity contribution in [1.29, 1.82) is 0 Å². The van der Waals surface area contributed by atoms with Crippen LogP contribution in [0.1, 0.15) is 23.2 Å². The molecule has 1 fully saturated rings. The molecule has 0 bridgehead atoms. The molecule has 2 aliphatic rings. The van der Waals surface area contributed by atoms with Crippen LogP contribution in [-0.4, -0.2) is 51.5 Å². The van der Waals surface area contributed by atoms with Gasteiger partial charge in [0.1, 0.15) is 5.15 Å². The molecule has 0 atom stereocenters. The predicted molar refractivity (Wildman–Crippen MR) is 106 cm³/mol. The second-order valence-electron chi connectivity index (χ2n) is 6.94. The summed E-state index contributed by atoms with van der Waals surface area (Å²) in [5.41, 5.74) is 2.24. The van der Waals surface area contributed by atoms with E-state index in [1.54, 1.807) is 29.9 Å². The molecular weight excluding hydrogens is 396 g/mol. The van der Waals surface area contributed by atoms with Crippen LogP contribution >= 0.6 is 11.6 Å². The van der Waals surface area contributed by atoms with E-state index in [4.69, 9.17) is 21.1 Å². The smallest absolute Gasteiger partial charge is 0.265 e. The maximum absolute atomic E-state index is 12.8. The first-order valence-electron chi connectivity index (χ1n) is 9.31. The number of aromatic nitrogens is 2. The third-order valence-corrected chi connectivity index (χ3v) is 5.40. The molecule has 8 nitrogen and oxygen atoms in total. The highest BCUT2D eigenvalue weighted by Gasteiger charge is 2.29. The van der Waals surface area contributed by atoms with Crippen molar-refractivity contribution in [2.45, 2.75) is 19.8 Å². The first-order valence-corrected chi connectivity index (χ1v) is 9.69. The van der Waals surface area contributed by atoms with E-state index >= 15 is 0 Å². The van der Waals surface area contributed by atoms with Crippen molar-refractivity contribution in [1.82, 2.24) is 19.8 Å². The number of carbonyl (C=O) groups excluding carboxylic acids is 2. The number of aryl methyl sites for hydroxylation is 2. The second kappa shape index (κ2) is 7.79. The van der Waals surface area contributed by atoms with E-state index in [9.17, 15) is 9.59 Å². The minimum Gasteiger partial charge on any atom is -0.454 e. The maximum atomic E-state index is 12.8. The molecule has 1 saturated heterocycles. The molecule has 152 valence electrons. The zero-order chi connectivity index (χ0) is 20.5. The van der Waals surface area contributed by atoms with Gasteiger partial charge in [-0.25, -0.2) is 5.01 Å². The highest BCUT2D eigenvalue weighted by Crippen LogP contribution is 2.32. The number of rotatable bonds is 4. The number of benzene rings is 1. The number of hydrogen-bond acceptors (Lipinski definition) is 5. The lowest BCUT2D eigenvalue weighted by Crippen LogP contribution is -2.44. The first-order chi connectivity index (χ1) is 13.9. The standard InChI is InChI=1S/C20H21ClN4O4/c1-13-15(20(21)23(2)22-13)5-7-18(26)24-8-3-9-25(24)19(27)11-14-4-6-16-17(10-14)29-12-28-16/h4-7,10H,3,8-9,11-12H2,1-2H3. The second-order valence-corrected chi connectivity index (χ2v) is 7.30. The van der Waals surface area contributed by atoms with Gasteiger partial charge < -0.3 is 9.47 Å². The Morgan fingerprint density at radius 3 is 2.72 bits per heavy atom. The molecule has 0 aliphatic carbocycles. The van der Waals surface area contributed by atoms with Crippen molar-refractivity contribution >= 4 is 29.5 Å². The summed E-state index contributed by atoms with van der Waals surface area (Å²) in [4.78, 5) is 25.5. The largest absolute Gasteiger partial charge is 0.454 e. The minimum absolute atomic E-state index is 0.140. The highest BCUT2D eigenvalue weighted by molar-refractivity contribution is 6.31. The van der Waals surface area contributed by atoms with Crippen LogP contribution in [0.5, 0.6) is 11.5 Å². The molecule has 1 aromatic carbocycles. The molecule has 2 aromatic rings. The number of carbonyl (C=O) groups is 2. The Bertz CT molecular complexity index is 1000. The Morgan fingerprint density at radius 1 is 1.21 bits per heavy atom. The SMILES string of the molecule is Cc1nn(C)c(Cl)c1C=CC(=O)N1CCCN1C(=O)Cc1ccc2c(c1)OCO2. The molecule has 0 unspecified atom stereocenters. The molecule has 29 heavy (non-hydrogen) atoms. The molecular formula is C20H21ClN4O4. The Morgan fingerprint density at radius 2 is 1.97 bits per heavy atom. The summed E-state index contributed by atoms with van der Waals surface area (Å²) in [6.07, 6.45) is 3.99. The fraction of sp³-hybridized carbons (Fsp3) is 0.350. The predicted octanol–water partition coefficient (Wildman–Crippen LogP) is 2.34. The summed E-state index contributed by atoms with van der Waals surface area (Å²) in [6, 6.07) is 5.43. The van der Waals surface area contributed by atoms with Crippen LogP contribution in [0.25, 0.3) is 6.08 Å². The van der Waals surface area contributed by atoms with E-state index in [-0.39, 0.29) is 25.0 Å². The van der Waals surface area contributed by atoms with Crippen LogP contribution in [0.3, 0.4) is 0 Å². The van der Waals surface area contributed by atoms with Crippen LogP contribution in [-0.2, 0) is 23.1 Å². The van der Waals surface area contributed by atoms with Gasteiger partial charge in [-0.05, 0) is 37.1 Å². The fourth-order valence-corrected chi connectivity index (χ4v) is 3.73. The van der Waals surface area contributed by atoms with Gasteiger partial charge in [0.15, 0.2) is 11.5 Å². The number of hydrazine groups is 1. The first kappa shape index (κ1) is 19.3. The summed E-state index contributed by atoms with van der Waals surface area (Å²) >= 11 is 6.21. The number of hydrogen-bond donors (Lipinski definition) is 0. The fourth-order valence-electron chi connectivity index (χ4n) is 3.49. The van der Waals surface area contributed by atoms with Gasteiger partial charge in [-0.2, -0.15) is 5.10 Å². The van der Waals surface area contributed by atoms with Crippen molar-refractivity contribution < 1.29 is 19.1 Å².